The summed E-state index contributed by atoms with van der Waals surface area (Å²) >= 11 is 5.84. The van der Waals surface area contributed by atoms with Crippen molar-refractivity contribution in [1.82, 2.24) is 5.43 Å². The summed E-state index contributed by atoms with van der Waals surface area (Å²) in [5.74, 6) is -0.744. The first-order valence-electron chi connectivity index (χ1n) is 12.7. The van der Waals surface area contributed by atoms with Crippen LogP contribution in [0.4, 0.5) is 5.69 Å². The Morgan fingerprint density at radius 1 is 0.833 bits per heavy atom. The average Bonchev–Trinajstić information content (AvgIpc) is 2.98. The lowest BCUT2D eigenvalue weighted by molar-refractivity contribution is 0.0734. The van der Waals surface area contributed by atoms with Crippen LogP contribution >= 0.6 is 11.6 Å². The lowest BCUT2D eigenvalue weighted by Gasteiger charge is -2.11. The number of anilines is 1. The Kier molecular flexibility index (Phi) is 8.33. The second kappa shape index (κ2) is 12.3. The number of hydrogen-bond donors (Lipinski definition) is 2. The van der Waals surface area contributed by atoms with Gasteiger partial charge in [-0.3, -0.25) is 9.52 Å². The Balaban J connectivity index is 1.31. The maximum atomic E-state index is 12.8. The van der Waals surface area contributed by atoms with Crippen molar-refractivity contribution in [3.05, 3.63) is 136 Å². The number of benzene rings is 5. The summed E-state index contributed by atoms with van der Waals surface area (Å²) in [5.41, 5.74) is 4.86. The van der Waals surface area contributed by atoms with Crippen LogP contribution in [-0.2, 0) is 10.0 Å². The highest BCUT2D eigenvalue weighted by Gasteiger charge is 2.16. The fourth-order valence-electron chi connectivity index (χ4n) is 4.17. The number of amides is 1. The molecule has 1 amide bonds. The number of hydrazone groups is 1. The van der Waals surface area contributed by atoms with E-state index in [0.29, 0.717) is 16.1 Å². The van der Waals surface area contributed by atoms with Crippen molar-refractivity contribution in [3.8, 4) is 5.75 Å². The zero-order valence-corrected chi connectivity index (χ0v) is 23.8. The van der Waals surface area contributed by atoms with Crippen LogP contribution in [0.5, 0.6) is 5.75 Å². The van der Waals surface area contributed by atoms with Crippen LogP contribution in [0.25, 0.3) is 10.8 Å². The molecule has 0 atom stereocenters. The lowest BCUT2D eigenvalue weighted by Crippen LogP contribution is -2.18. The number of ether oxygens (including phenoxy) is 1. The number of fused-ring (bicyclic) bond motifs is 1. The molecule has 0 bridgehead atoms. The molecule has 5 aromatic rings. The molecule has 2 N–H and O–H groups in total. The van der Waals surface area contributed by atoms with Crippen LogP contribution in [0.3, 0.4) is 0 Å². The Morgan fingerprint density at radius 3 is 2.31 bits per heavy atom. The summed E-state index contributed by atoms with van der Waals surface area (Å²) in [6, 6.07) is 29.8. The van der Waals surface area contributed by atoms with Crippen molar-refractivity contribution >= 4 is 56.2 Å². The van der Waals surface area contributed by atoms with Crippen LogP contribution < -0.4 is 14.9 Å². The molecule has 0 aromatic heterocycles. The number of sulfonamides is 1. The summed E-state index contributed by atoms with van der Waals surface area (Å²) in [6.45, 7) is 1.89. The number of carbonyl (C=O) groups excluding carboxylic acids is 2. The predicted octanol–water partition coefficient (Wildman–Crippen LogP) is 6.59. The summed E-state index contributed by atoms with van der Waals surface area (Å²) < 4.78 is 33.4. The van der Waals surface area contributed by atoms with E-state index in [1.807, 2.05) is 43.3 Å². The van der Waals surface area contributed by atoms with E-state index in [0.717, 1.165) is 16.3 Å². The van der Waals surface area contributed by atoms with Gasteiger partial charge in [0.1, 0.15) is 5.75 Å². The van der Waals surface area contributed by atoms with Crippen molar-refractivity contribution in [2.45, 2.75) is 11.8 Å². The van der Waals surface area contributed by atoms with Gasteiger partial charge < -0.3 is 4.74 Å². The summed E-state index contributed by atoms with van der Waals surface area (Å²) in [7, 11) is -3.83. The van der Waals surface area contributed by atoms with Crippen LogP contribution in [0, 0.1) is 6.92 Å². The molecule has 0 spiro atoms. The standard InChI is InChI=1S/C32H24ClN3O5S/c1-21-5-4-7-24(19-21)32(38)41-30-18-11-22-6-2-3-8-28(22)29(30)20-34-35-31(37)23-9-14-26(15-10-23)36-42(39,40)27-16-12-25(33)13-17-27/h2-20,36H,1H3,(H,35,37). The predicted molar refractivity (Wildman–Crippen MR) is 164 cm³/mol. The number of halogens is 1. The number of aryl methyl sites for hydroxylation is 1. The van der Waals surface area contributed by atoms with Crippen molar-refractivity contribution in [1.29, 1.82) is 0 Å². The number of nitrogens with one attached hydrogen (secondary N) is 2. The second-order valence-corrected chi connectivity index (χ2v) is 11.4. The number of hydrogen-bond acceptors (Lipinski definition) is 6. The molecular formula is C32H24ClN3O5S. The first kappa shape index (κ1) is 28.5. The third-order valence-corrected chi connectivity index (χ3v) is 7.92. The van der Waals surface area contributed by atoms with Gasteiger partial charge in [-0.15, -0.1) is 0 Å². The molecule has 0 saturated heterocycles. The number of esters is 1. The van der Waals surface area contributed by atoms with E-state index < -0.39 is 21.9 Å². The molecule has 0 saturated carbocycles. The van der Waals surface area contributed by atoms with E-state index in [1.165, 1.54) is 54.7 Å². The molecule has 5 rings (SSSR count). The van der Waals surface area contributed by atoms with Crippen molar-refractivity contribution < 1.29 is 22.7 Å². The van der Waals surface area contributed by atoms with Gasteiger partial charge in [0.2, 0.25) is 0 Å². The molecule has 0 aliphatic carbocycles. The monoisotopic (exact) mass is 597 g/mol. The molecule has 0 unspecified atom stereocenters. The minimum Gasteiger partial charge on any atom is -0.422 e. The molecule has 8 nitrogen and oxygen atoms in total. The first-order valence-corrected chi connectivity index (χ1v) is 14.6. The fourth-order valence-corrected chi connectivity index (χ4v) is 5.35. The lowest BCUT2D eigenvalue weighted by atomic mass is 10.0. The highest BCUT2D eigenvalue weighted by Crippen LogP contribution is 2.27. The molecule has 0 heterocycles. The van der Waals surface area contributed by atoms with Crippen molar-refractivity contribution in [2.75, 3.05) is 4.72 Å². The van der Waals surface area contributed by atoms with Crippen LogP contribution in [0.1, 0.15) is 31.8 Å². The number of nitrogens with zero attached hydrogens (tertiary/aromatic N) is 1. The van der Waals surface area contributed by atoms with E-state index in [1.54, 1.807) is 24.3 Å². The zero-order chi connectivity index (χ0) is 29.7. The third-order valence-electron chi connectivity index (χ3n) is 6.27. The minimum atomic E-state index is -3.83. The SMILES string of the molecule is Cc1cccc(C(=O)Oc2ccc3ccccc3c2C=NNC(=O)c2ccc(NS(=O)(=O)c3ccc(Cl)cc3)cc2)c1. The van der Waals surface area contributed by atoms with E-state index in [9.17, 15) is 18.0 Å². The Labute approximate surface area is 247 Å². The van der Waals surface area contributed by atoms with Gasteiger partial charge in [0.05, 0.1) is 16.7 Å². The molecule has 42 heavy (non-hydrogen) atoms. The molecule has 10 heteroatoms. The Hall–Kier alpha value is -4.99. The van der Waals surface area contributed by atoms with E-state index in [2.05, 4.69) is 15.2 Å². The Morgan fingerprint density at radius 2 is 1.57 bits per heavy atom. The molecule has 0 radical (unpaired) electrons. The van der Waals surface area contributed by atoms with E-state index >= 15 is 0 Å². The van der Waals surface area contributed by atoms with Crippen LogP contribution in [-0.4, -0.2) is 26.5 Å². The fraction of sp³-hybridized carbons (Fsp3) is 0.0312. The molecule has 0 fully saturated rings. The van der Waals surface area contributed by atoms with Crippen molar-refractivity contribution in [3.63, 3.8) is 0 Å². The maximum Gasteiger partial charge on any atom is 0.343 e. The zero-order valence-electron chi connectivity index (χ0n) is 22.2. The van der Waals surface area contributed by atoms with Gasteiger partial charge in [-0.05, 0) is 84.4 Å². The summed E-state index contributed by atoms with van der Waals surface area (Å²) in [5, 5.41) is 6.22. The van der Waals surface area contributed by atoms with Gasteiger partial charge in [0.25, 0.3) is 15.9 Å². The second-order valence-electron chi connectivity index (χ2n) is 9.29. The third kappa shape index (κ3) is 6.65. The minimum absolute atomic E-state index is 0.0559. The van der Waals surface area contributed by atoms with Gasteiger partial charge in [-0.1, -0.05) is 59.6 Å². The largest absolute Gasteiger partial charge is 0.422 e. The van der Waals surface area contributed by atoms with Gasteiger partial charge in [-0.25, -0.2) is 18.6 Å². The topological polar surface area (TPSA) is 114 Å². The van der Waals surface area contributed by atoms with Gasteiger partial charge in [0.15, 0.2) is 0 Å². The van der Waals surface area contributed by atoms with E-state index in [-0.39, 0.29) is 21.9 Å². The summed E-state index contributed by atoms with van der Waals surface area (Å²) in [4.78, 5) is 25.7. The smallest absolute Gasteiger partial charge is 0.343 e. The maximum absolute atomic E-state index is 12.8. The molecule has 210 valence electrons. The van der Waals surface area contributed by atoms with E-state index in [4.69, 9.17) is 16.3 Å². The molecule has 5 aromatic carbocycles. The highest BCUT2D eigenvalue weighted by atomic mass is 35.5. The molecular weight excluding hydrogens is 574 g/mol. The summed E-state index contributed by atoms with van der Waals surface area (Å²) in [6.07, 6.45) is 1.42. The van der Waals surface area contributed by atoms with Crippen LogP contribution in [0.15, 0.2) is 119 Å². The quantitative estimate of drug-likeness (QED) is 0.0907. The highest BCUT2D eigenvalue weighted by molar-refractivity contribution is 7.92. The van der Waals surface area contributed by atoms with Gasteiger partial charge in [0, 0.05) is 21.8 Å². The molecule has 0 aliphatic heterocycles. The normalized spacial score (nSPS) is 11.4. The first-order chi connectivity index (χ1) is 20.2. The van der Waals surface area contributed by atoms with Gasteiger partial charge >= 0.3 is 5.97 Å². The molecule has 0 aliphatic rings. The number of carbonyl (C=O) groups is 2. The van der Waals surface area contributed by atoms with Gasteiger partial charge in [-0.2, -0.15) is 5.10 Å². The Bertz CT molecular complexity index is 1920. The number of rotatable bonds is 8. The van der Waals surface area contributed by atoms with Crippen LogP contribution in [0.2, 0.25) is 5.02 Å². The van der Waals surface area contributed by atoms with Crippen molar-refractivity contribution in [2.24, 2.45) is 5.10 Å². The average molecular weight is 598 g/mol.